The van der Waals surface area contributed by atoms with Crippen LogP contribution in [-0.4, -0.2) is 16.5 Å². The summed E-state index contributed by atoms with van der Waals surface area (Å²) in [5.41, 5.74) is 3.00. The molecule has 2 saturated carbocycles. The molecule has 0 bridgehead atoms. The molecule has 2 aliphatic carbocycles. The molecule has 3 unspecified atom stereocenters. The van der Waals surface area contributed by atoms with E-state index < -0.39 is 0 Å². The number of H-pyrrole nitrogens is 1. The number of hydrogen-bond donors (Lipinski definition) is 2. The molecule has 1 aromatic rings. The van der Waals surface area contributed by atoms with E-state index in [9.17, 15) is 0 Å². The molecule has 0 radical (unpaired) electrons. The fourth-order valence-corrected chi connectivity index (χ4v) is 4.37. The van der Waals surface area contributed by atoms with Crippen LogP contribution in [0.1, 0.15) is 43.5 Å². The van der Waals surface area contributed by atoms with Crippen LogP contribution in [0.3, 0.4) is 0 Å². The fourth-order valence-electron chi connectivity index (χ4n) is 4.37. The maximum atomic E-state index is 4.61. The minimum Gasteiger partial charge on any atom is -0.348 e. The second-order valence-electron chi connectivity index (χ2n) is 5.73. The van der Waals surface area contributed by atoms with Crippen molar-refractivity contribution in [1.29, 1.82) is 0 Å². The third kappa shape index (κ3) is 1.000. The van der Waals surface area contributed by atoms with Gasteiger partial charge in [-0.1, -0.05) is 19.3 Å². The highest BCUT2D eigenvalue weighted by Gasteiger charge is 2.57. The lowest BCUT2D eigenvalue weighted by Gasteiger charge is -2.58. The highest BCUT2D eigenvalue weighted by Crippen LogP contribution is 2.57. The summed E-state index contributed by atoms with van der Waals surface area (Å²) in [6, 6.07) is 0. The molecule has 3 nitrogen and oxygen atoms in total. The highest BCUT2D eigenvalue weighted by molar-refractivity contribution is 5.31. The van der Waals surface area contributed by atoms with Crippen molar-refractivity contribution in [1.82, 2.24) is 15.3 Å². The summed E-state index contributed by atoms with van der Waals surface area (Å²) in [6.07, 6.45) is 10.1. The lowest BCUT2D eigenvalue weighted by atomic mass is 9.52. The molecule has 1 aliphatic heterocycles. The molecule has 0 amide bonds. The Kier molecular flexibility index (Phi) is 1.79. The third-order valence-electron chi connectivity index (χ3n) is 5.08. The molecule has 0 aromatic carbocycles. The maximum Gasteiger partial charge on any atom is 0.0926 e. The van der Waals surface area contributed by atoms with Gasteiger partial charge in [0.1, 0.15) is 0 Å². The lowest BCUT2D eigenvalue weighted by Crippen LogP contribution is -2.63. The van der Waals surface area contributed by atoms with Crippen LogP contribution < -0.4 is 5.32 Å². The van der Waals surface area contributed by atoms with E-state index in [1.165, 1.54) is 43.5 Å². The number of imidazole rings is 1. The molecule has 2 N–H and O–H groups in total. The topological polar surface area (TPSA) is 40.7 Å². The van der Waals surface area contributed by atoms with Crippen molar-refractivity contribution in [3.63, 3.8) is 0 Å². The van der Waals surface area contributed by atoms with Gasteiger partial charge in [0.05, 0.1) is 17.6 Å². The Hall–Kier alpha value is -0.830. The number of nitrogens with zero attached hydrogens (tertiary/aromatic N) is 1. The molecule has 2 heterocycles. The van der Waals surface area contributed by atoms with Crippen LogP contribution in [-0.2, 0) is 12.0 Å². The predicted octanol–water partition coefficient (Wildman–Crippen LogP) is 1.96. The van der Waals surface area contributed by atoms with Crippen LogP contribution in [0.2, 0.25) is 0 Å². The number of nitrogens with one attached hydrogen (secondary N) is 2. The zero-order valence-electron chi connectivity index (χ0n) is 9.63. The first-order chi connectivity index (χ1) is 7.90. The molecule has 1 spiro atoms. The minimum atomic E-state index is 0.263. The van der Waals surface area contributed by atoms with Crippen LogP contribution in [0.5, 0.6) is 0 Å². The van der Waals surface area contributed by atoms with Crippen molar-refractivity contribution in [3.05, 3.63) is 17.7 Å². The van der Waals surface area contributed by atoms with Gasteiger partial charge in [-0.2, -0.15) is 0 Å². The van der Waals surface area contributed by atoms with Gasteiger partial charge in [0.25, 0.3) is 0 Å². The molecule has 3 atom stereocenters. The van der Waals surface area contributed by atoms with E-state index >= 15 is 0 Å². The summed E-state index contributed by atoms with van der Waals surface area (Å²) in [5.74, 6) is 1.84. The lowest BCUT2D eigenvalue weighted by molar-refractivity contribution is -0.0374. The monoisotopic (exact) mass is 217 g/mol. The number of fused-ring (bicyclic) bond motifs is 4. The highest BCUT2D eigenvalue weighted by atomic mass is 15.1. The van der Waals surface area contributed by atoms with E-state index in [1.54, 1.807) is 0 Å². The van der Waals surface area contributed by atoms with Gasteiger partial charge in [0, 0.05) is 18.7 Å². The standard InChI is InChI=1S/C13H19N3/c1-2-4-10-9(3-1)7-13(10)12-11(5-6-16-13)14-8-15-12/h8-10,16H,1-7H2,(H,14,15). The summed E-state index contributed by atoms with van der Waals surface area (Å²) >= 11 is 0. The van der Waals surface area contributed by atoms with E-state index in [1.807, 2.05) is 6.33 Å². The van der Waals surface area contributed by atoms with Crippen LogP contribution in [0.15, 0.2) is 6.33 Å². The van der Waals surface area contributed by atoms with Crippen LogP contribution >= 0.6 is 0 Å². The molecular formula is C13H19N3. The van der Waals surface area contributed by atoms with Crippen molar-refractivity contribution in [3.8, 4) is 0 Å². The third-order valence-corrected chi connectivity index (χ3v) is 5.08. The van der Waals surface area contributed by atoms with Gasteiger partial charge in [0.2, 0.25) is 0 Å². The van der Waals surface area contributed by atoms with Gasteiger partial charge >= 0.3 is 0 Å². The number of aromatic nitrogens is 2. The first-order valence-electron chi connectivity index (χ1n) is 6.68. The Morgan fingerprint density at radius 2 is 2.25 bits per heavy atom. The van der Waals surface area contributed by atoms with Crippen molar-refractivity contribution >= 4 is 0 Å². The van der Waals surface area contributed by atoms with Crippen molar-refractivity contribution in [2.75, 3.05) is 6.54 Å². The van der Waals surface area contributed by atoms with E-state index in [2.05, 4.69) is 15.3 Å². The Bertz CT molecular complexity index is 411. The molecule has 3 heteroatoms. The van der Waals surface area contributed by atoms with Gasteiger partial charge in [-0.25, -0.2) is 4.98 Å². The molecule has 1 aromatic heterocycles. The Morgan fingerprint density at radius 1 is 1.31 bits per heavy atom. The largest absolute Gasteiger partial charge is 0.348 e. The van der Waals surface area contributed by atoms with E-state index in [4.69, 9.17) is 0 Å². The van der Waals surface area contributed by atoms with Gasteiger partial charge in [-0.3, -0.25) is 0 Å². The molecule has 0 saturated heterocycles. The maximum absolute atomic E-state index is 4.61. The van der Waals surface area contributed by atoms with Crippen LogP contribution in [0.4, 0.5) is 0 Å². The summed E-state index contributed by atoms with van der Waals surface area (Å²) in [6.45, 7) is 1.12. The normalized spacial score (nSPS) is 41.2. The number of hydrogen-bond acceptors (Lipinski definition) is 2. The quantitative estimate of drug-likeness (QED) is 0.697. The van der Waals surface area contributed by atoms with Crippen LogP contribution in [0.25, 0.3) is 0 Å². The second kappa shape index (κ2) is 3.10. The molecule has 4 rings (SSSR count). The zero-order chi connectivity index (χ0) is 10.6. The SMILES string of the molecule is c1nc2c([nH]1)CCNC21CC2CCCCC21. The summed E-state index contributed by atoms with van der Waals surface area (Å²) in [4.78, 5) is 7.93. The zero-order valence-corrected chi connectivity index (χ0v) is 9.63. The van der Waals surface area contributed by atoms with Crippen molar-refractivity contribution < 1.29 is 0 Å². The second-order valence-corrected chi connectivity index (χ2v) is 5.73. The smallest absolute Gasteiger partial charge is 0.0926 e. The summed E-state index contributed by atoms with van der Waals surface area (Å²) in [5, 5.41) is 3.79. The van der Waals surface area contributed by atoms with Gasteiger partial charge in [-0.15, -0.1) is 0 Å². The Labute approximate surface area is 96.0 Å². The van der Waals surface area contributed by atoms with Gasteiger partial charge in [0.15, 0.2) is 0 Å². The summed E-state index contributed by atoms with van der Waals surface area (Å²) in [7, 11) is 0. The minimum absolute atomic E-state index is 0.263. The predicted molar refractivity (Wildman–Crippen MR) is 62.0 cm³/mol. The first kappa shape index (κ1) is 9.23. The van der Waals surface area contributed by atoms with Crippen molar-refractivity contribution in [2.45, 2.75) is 44.1 Å². The van der Waals surface area contributed by atoms with E-state index in [0.29, 0.717) is 0 Å². The number of rotatable bonds is 0. The van der Waals surface area contributed by atoms with Crippen LogP contribution in [0, 0.1) is 11.8 Å². The number of aromatic amines is 1. The van der Waals surface area contributed by atoms with Crippen molar-refractivity contribution in [2.24, 2.45) is 11.8 Å². The fraction of sp³-hybridized carbons (Fsp3) is 0.769. The molecular weight excluding hydrogens is 198 g/mol. The first-order valence-corrected chi connectivity index (χ1v) is 6.68. The van der Waals surface area contributed by atoms with E-state index in [0.717, 1.165) is 24.8 Å². The summed E-state index contributed by atoms with van der Waals surface area (Å²) < 4.78 is 0. The average molecular weight is 217 g/mol. The molecule has 3 aliphatic rings. The van der Waals surface area contributed by atoms with E-state index in [-0.39, 0.29) is 5.54 Å². The Balaban J connectivity index is 1.74. The van der Waals surface area contributed by atoms with Gasteiger partial charge < -0.3 is 10.3 Å². The molecule has 16 heavy (non-hydrogen) atoms. The molecule has 86 valence electrons. The average Bonchev–Trinajstić information content (AvgIpc) is 2.76. The van der Waals surface area contributed by atoms with Gasteiger partial charge in [-0.05, 0) is 24.7 Å². The molecule has 2 fully saturated rings. The Morgan fingerprint density at radius 3 is 3.19 bits per heavy atom.